The minimum atomic E-state index is -0.649. The monoisotopic (exact) mass is 157 g/mol. The van der Waals surface area contributed by atoms with Crippen LogP contribution in [-0.2, 0) is 14.3 Å². The van der Waals surface area contributed by atoms with E-state index in [4.69, 9.17) is 5.41 Å². The largest absolute Gasteiger partial charge is 0.393 e. The Morgan fingerprint density at radius 1 is 1.45 bits per heavy atom. The van der Waals surface area contributed by atoms with Crippen molar-refractivity contribution in [3.05, 3.63) is 0 Å². The summed E-state index contributed by atoms with van der Waals surface area (Å²) in [7, 11) is 0. The van der Waals surface area contributed by atoms with Crippen LogP contribution in [0, 0.1) is 5.41 Å². The van der Waals surface area contributed by atoms with Crippen LogP contribution in [0.3, 0.4) is 0 Å². The van der Waals surface area contributed by atoms with E-state index < -0.39 is 11.9 Å². The molecule has 0 aromatic rings. The summed E-state index contributed by atoms with van der Waals surface area (Å²) in [5.74, 6) is -1.27. The van der Waals surface area contributed by atoms with Crippen molar-refractivity contribution in [3.8, 4) is 0 Å². The SMILES string of the molecule is CCC(=N)CC(=O)OC(C)=O. The second-order valence-corrected chi connectivity index (χ2v) is 2.10. The van der Waals surface area contributed by atoms with E-state index in [1.54, 1.807) is 6.92 Å². The lowest BCUT2D eigenvalue weighted by atomic mass is 10.2. The second kappa shape index (κ2) is 4.60. The Morgan fingerprint density at radius 3 is 2.36 bits per heavy atom. The molecule has 0 saturated carbocycles. The molecule has 0 radical (unpaired) electrons. The van der Waals surface area contributed by atoms with E-state index in [2.05, 4.69) is 4.74 Å². The fraction of sp³-hybridized carbons (Fsp3) is 0.571. The van der Waals surface area contributed by atoms with Gasteiger partial charge in [-0.05, 0) is 6.42 Å². The van der Waals surface area contributed by atoms with Gasteiger partial charge < -0.3 is 10.1 Å². The molecule has 0 bridgehead atoms. The first-order valence-electron chi connectivity index (χ1n) is 3.33. The van der Waals surface area contributed by atoms with Crippen molar-refractivity contribution in [2.75, 3.05) is 0 Å². The van der Waals surface area contributed by atoms with Gasteiger partial charge in [0.1, 0.15) is 0 Å². The molecule has 0 aromatic heterocycles. The zero-order chi connectivity index (χ0) is 8.85. The van der Waals surface area contributed by atoms with Crippen LogP contribution in [0.4, 0.5) is 0 Å². The van der Waals surface area contributed by atoms with E-state index in [0.717, 1.165) is 6.92 Å². The predicted octanol–water partition coefficient (Wildman–Crippen LogP) is 0.896. The number of nitrogens with one attached hydrogen (secondary N) is 1. The number of rotatable bonds is 3. The van der Waals surface area contributed by atoms with Crippen LogP contribution in [0.2, 0.25) is 0 Å². The second-order valence-electron chi connectivity index (χ2n) is 2.10. The summed E-state index contributed by atoms with van der Waals surface area (Å²) in [4.78, 5) is 20.8. The lowest BCUT2D eigenvalue weighted by Gasteiger charge is -1.98. The Balaban J connectivity index is 3.70. The summed E-state index contributed by atoms with van der Waals surface area (Å²) in [6.07, 6.45) is 0.420. The van der Waals surface area contributed by atoms with Crippen molar-refractivity contribution in [1.82, 2.24) is 0 Å². The number of carbonyl (C=O) groups excluding carboxylic acids is 2. The highest BCUT2D eigenvalue weighted by Crippen LogP contribution is 1.92. The first-order valence-corrected chi connectivity index (χ1v) is 3.33. The Hall–Kier alpha value is -1.19. The number of esters is 2. The van der Waals surface area contributed by atoms with E-state index in [9.17, 15) is 9.59 Å². The lowest BCUT2D eigenvalue weighted by Crippen LogP contribution is -2.12. The summed E-state index contributed by atoms with van der Waals surface area (Å²) in [5.41, 5.74) is 0.274. The zero-order valence-corrected chi connectivity index (χ0v) is 6.64. The van der Waals surface area contributed by atoms with Gasteiger partial charge in [0.2, 0.25) is 0 Å². The molecule has 4 heteroatoms. The van der Waals surface area contributed by atoms with Crippen LogP contribution in [0.15, 0.2) is 0 Å². The summed E-state index contributed by atoms with van der Waals surface area (Å²) in [6.45, 7) is 2.93. The molecule has 0 aliphatic carbocycles. The molecule has 0 atom stereocenters. The van der Waals surface area contributed by atoms with Crippen molar-refractivity contribution in [3.63, 3.8) is 0 Å². The molecule has 4 nitrogen and oxygen atoms in total. The maximum Gasteiger partial charge on any atom is 0.319 e. The van der Waals surface area contributed by atoms with E-state index in [-0.39, 0.29) is 12.1 Å². The molecule has 0 aliphatic heterocycles. The van der Waals surface area contributed by atoms with Crippen molar-refractivity contribution in [1.29, 1.82) is 5.41 Å². The number of carbonyl (C=O) groups is 2. The maximum absolute atomic E-state index is 10.6. The van der Waals surface area contributed by atoms with Crippen LogP contribution >= 0.6 is 0 Å². The molecule has 0 spiro atoms. The third-order valence-electron chi connectivity index (χ3n) is 1.04. The van der Waals surface area contributed by atoms with Crippen LogP contribution in [-0.4, -0.2) is 17.7 Å². The van der Waals surface area contributed by atoms with Crippen molar-refractivity contribution in [2.24, 2.45) is 0 Å². The summed E-state index contributed by atoms with van der Waals surface area (Å²) in [6, 6.07) is 0. The highest BCUT2D eigenvalue weighted by atomic mass is 16.6. The molecule has 62 valence electrons. The summed E-state index contributed by atoms with van der Waals surface area (Å²) in [5, 5.41) is 7.10. The maximum atomic E-state index is 10.6. The topological polar surface area (TPSA) is 67.2 Å². The zero-order valence-electron chi connectivity index (χ0n) is 6.64. The number of hydrogen-bond donors (Lipinski definition) is 1. The minimum Gasteiger partial charge on any atom is -0.393 e. The molecule has 0 unspecified atom stereocenters. The Morgan fingerprint density at radius 2 is 2.00 bits per heavy atom. The molecule has 11 heavy (non-hydrogen) atoms. The van der Waals surface area contributed by atoms with Gasteiger partial charge >= 0.3 is 11.9 Å². The van der Waals surface area contributed by atoms with Crippen LogP contribution in [0.5, 0.6) is 0 Å². The summed E-state index contributed by atoms with van der Waals surface area (Å²) >= 11 is 0. The molecule has 0 fully saturated rings. The van der Waals surface area contributed by atoms with E-state index in [1.165, 1.54) is 0 Å². The molecular formula is C7H11NO3. The van der Waals surface area contributed by atoms with Gasteiger partial charge in [-0.25, -0.2) is 0 Å². The smallest absolute Gasteiger partial charge is 0.319 e. The summed E-state index contributed by atoms with van der Waals surface area (Å²) < 4.78 is 4.20. The van der Waals surface area contributed by atoms with Crippen LogP contribution in [0.25, 0.3) is 0 Å². The Labute approximate surface area is 65.1 Å². The average molecular weight is 157 g/mol. The standard InChI is InChI=1S/C7H11NO3/c1-3-6(8)4-7(10)11-5(2)9/h8H,3-4H2,1-2H3. The molecule has 0 heterocycles. The molecule has 0 aromatic carbocycles. The first kappa shape index (κ1) is 9.81. The minimum absolute atomic E-state index is 0.0872. The number of ether oxygens (including phenoxy) is 1. The first-order chi connectivity index (χ1) is 5.06. The fourth-order valence-corrected chi connectivity index (χ4v) is 0.496. The van der Waals surface area contributed by atoms with Crippen LogP contribution < -0.4 is 0 Å². The molecule has 0 saturated heterocycles. The molecular weight excluding hydrogens is 146 g/mol. The van der Waals surface area contributed by atoms with Crippen molar-refractivity contribution >= 4 is 17.7 Å². The molecule has 0 aliphatic rings. The normalized spacial score (nSPS) is 8.91. The Bertz CT molecular complexity index is 186. The van der Waals surface area contributed by atoms with Gasteiger partial charge in [0.05, 0.1) is 6.42 Å². The lowest BCUT2D eigenvalue weighted by molar-refractivity contribution is -0.157. The number of hydrogen-bond acceptors (Lipinski definition) is 4. The Kier molecular flexibility index (Phi) is 4.10. The molecule has 1 N–H and O–H groups in total. The third-order valence-corrected chi connectivity index (χ3v) is 1.04. The highest BCUT2D eigenvalue weighted by molar-refractivity contribution is 5.99. The van der Waals surface area contributed by atoms with Gasteiger partial charge in [0.25, 0.3) is 0 Å². The van der Waals surface area contributed by atoms with E-state index in [0.29, 0.717) is 6.42 Å². The molecule has 0 amide bonds. The van der Waals surface area contributed by atoms with Gasteiger partial charge in [-0.1, -0.05) is 6.92 Å². The van der Waals surface area contributed by atoms with Gasteiger partial charge in [-0.2, -0.15) is 0 Å². The van der Waals surface area contributed by atoms with Gasteiger partial charge in [-0.3, -0.25) is 9.59 Å². The predicted molar refractivity (Wildman–Crippen MR) is 39.4 cm³/mol. The van der Waals surface area contributed by atoms with Crippen LogP contribution in [0.1, 0.15) is 26.7 Å². The van der Waals surface area contributed by atoms with Gasteiger partial charge in [-0.15, -0.1) is 0 Å². The van der Waals surface area contributed by atoms with E-state index >= 15 is 0 Å². The third kappa shape index (κ3) is 5.26. The van der Waals surface area contributed by atoms with E-state index in [1.807, 2.05) is 0 Å². The fourth-order valence-electron chi connectivity index (χ4n) is 0.496. The van der Waals surface area contributed by atoms with Crippen molar-refractivity contribution in [2.45, 2.75) is 26.7 Å². The van der Waals surface area contributed by atoms with Gasteiger partial charge in [0, 0.05) is 12.6 Å². The van der Waals surface area contributed by atoms with Gasteiger partial charge in [0.15, 0.2) is 0 Å². The average Bonchev–Trinajstić information content (AvgIpc) is 1.85. The molecule has 0 rings (SSSR count). The highest BCUT2D eigenvalue weighted by Gasteiger charge is 2.07. The van der Waals surface area contributed by atoms with Crippen molar-refractivity contribution < 1.29 is 14.3 Å². The quantitative estimate of drug-likeness (QED) is 0.376.